The molecule has 0 atom stereocenters. The Morgan fingerprint density at radius 2 is 2.05 bits per heavy atom. The molecule has 1 N–H and O–H groups in total. The Labute approximate surface area is 120 Å². The van der Waals surface area contributed by atoms with Gasteiger partial charge in [-0.15, -0.1) is 0 Å². The van der Waals surface area contributed by atoms with Crippen LogP contribution < -0.4 is 4.90 Å². The smallest absolute Gasteiger partial charge is 0.317 e. The summed E-state index contributed by atoms with van der Waals surface area (Å²) in [5.74, 6) is -0.798. The van der Waals surface area contributed by atoms with Crippen molar-refractivity contribution in [3.8, 4) is 6.07 Å². The minimum absolute atomic E-state index is 0.0808. The third-order valence-corrected chi connectivity index (χ3v) is 3.84. The standard InChI is InChI=1S/C13H14BrN3O2/c14-11-2-1-3-12(10(11)8-15)17-6-4-16(5-7-17)9-13(18)19/h1-3H,4-7,9H2,(H,18,19). The van der Waals surface area contributed by atoms with Crippen molar-refractivity contribution in [3.63, 3.8) is 0 Å². The number of benzene rings is 1. The van der Waals surface area contributed by atoms with E-state index in [0.29, 0.717) is 18.7 Å². The molecule has 6 heteroatoms. The highest BCUT2D eigenvalue weighted by Crippen LogP contribution is 2.27. The lowest BCUT2D eigenvalue weighted by Gasteiger charge is -2.35. The second-order valence-corrected chi connectivity index (χ2v) is 5.26. The van der Waals surface area contributed by atoms with Gasteiger partial charge in [-0.05, 0) is 28.1 Å². The van der Waals surface area contributed by atoms with Gasteiger partial charge in [0.05, 0.1) is 17.8 Å². The number of piperazine rings is 1. The zero-order chi connectivity index (χ0) is 13.8. The number of carboxylic acids is 1. The molecule has 0 aromatic heterocycles. The van der Waals surface area contributed by atoms with E-state index in [1.54, 1.807) is 0 Å². The largest absolute Gasteiger partial charge is 0.480 e. The number of nitriles is 1. The van der Waals surface area contributed by atoms with Gasteiger partial charge in [0, 0.05) is 30.7 Å². The fraction of sp³-hybridized carbons (Fsp3) is 0.385. The van der Waals surface area contributed by atoms with Crippen molar-refractivity contribution >= 4 is 27.6 Å². The first-order chi connectivity index (χ1) is 9.11. The molecule has 1 heterocycles. The first-order valence-corrected chi connectivity index (χ1v) is 6.79. The summed E-state index contributed by atoms with van der Waals surface area (Å²) in [5.41, 5.74) is 1.54. The molecule has 1 aromatic carbocycles. The molecule has 0 bridgehead atoms. The number of halogens is 1. The van der Waals surface area contributed by atoms with Crippen molar-refractivity contribution in [2.45, 2.75) is 0 Å². The average molecular weight is 324 g/mol. The summed E-state index contributed by atoms with van der Waals surface area (Å²) >= 11 is 3.38. The number of carbonyl (C=O) groups is 1. The van der Waals surface area contributed by atoms with Gasteiger partial charge in [0.15, 0.2) is 0 Å². The molecule has 0 unspecified atom stereocenters. The molecule has 1 saturated heterocycles. The van der Waals surface area contributed by atoms with Crippen molar-refractivity contribution in [2.75, 3.05) is 37.6 Å². The van der Waals surface area contributed by atoms with Gasteiger partial charge < -0.3 is 10.0 Å². The molecule has 0 radical (unpaired) electrons. The van der Waals surface area contributed by atoms with Gasteiger partial charge in [-0.2, -0.15) is 5.26 Å². The van der Waals surface area contributed by atoms with Crippen LogP contribution in [0.5, 0.6) is 0 Å². The predicted octanol–water partition coefficient (Wildman–Crippen LogP) is 1.53. The number of rotatable bonds is 3. The normalized spacial score (nSPS) is 16.1. The summed E-state index contributed by atoms with van der Waals surface area (Å²) in [6.45, 7) is 2.95. The number of hydrogen-bond acceptors (Lipinski definition) is 4. The van der Waals surface area contributed by atoms with E-state index < -0.39 is 5.97 Å². The van der Waals surface area contributed by atoms with Crippen molar-refractivity contribution in [1.82, 2.24) is 4.90 Å². The second kappa shape index (κ2) is 6.04. The van der Waals surface area contributed by atoms with Crippen LogP contribution in [-0.2, 0) is 4.79 Å². The maximum absolute atomic E-state index is 10.7. The zero-order valence-corrected chi connectivity index (χ0v) is 11.9. The molecule has 5 nitrogen and oxygen atoms in total. The third-order valence-electron chi connectivity index (χ3n) is 3.18. The predicted molar refractivity (Wildman–Crippen MR) is 75.1 cm³/mol. The molecule has 100 valence electrons. The molecular weight excluding hydrogens is 310 g/mol. The minimum Gasteiger partial charge on any atom is -0.480 e. The molecule has 1 fully saturated rings. The van der Waals surface area contributed by atoms with Crippen LogP contribution in [0, 0.1) is 11.3 Å². The van der Waals surface area contributed by atoms with Crippen molar-refractivity contribution < 1.29 is 9.90 Å². The van der Waals surface area contributed by atoms with Crippen molar-refractivity contribution in [1.29, 1.82) is 5.26 Å². The van der Waals surface area contributed by atoms with E-state index in [9.17, 15) is 10.1 Å². The quantitative estimate of drug-likeness (QED) is 0.913. The van der Waals surface area contributed by atoms with Crippen LogP contribution >= 0.6 is 15.9 Å². The summed E-state index contributed by atoms with van der Waals surface area (Å²) in [4.78, 5) is 14.7. The third kappa shape index (κ3) is 3.25. The number of aliphatic carboxylic acids is 1. The van der Waals surface area contributed by atoms with Gasteiger partial charge in [-0.3, -0.25) is 9.69 Å². The molecule has 0 saturated carbocycles. The number of anilines is 1. The lowest BCUT2D eigenvalue weighted by Crippen LogP contribution is -2.48. The number of hydrogen-bond donors (Lipinski definition) is 1. The highest BCUT2D eigenvalue weighted by atomic mass is 79.9. The Kier molecular flexibility index (Phi) is 4.40. The fourth-order valence-corrected chi connectivity index (χ4v) is 2.67. The van der Waals surface area contributed by atoms with E-state index in [0.717, 1.165) is 23.2 Å². The summed E-state index contributed by atoms with van der Waals surface area (Å²) < 4.78 is 0.792. The van der Waals surface area contributed by atoms with E-state index in [2.05, 4.69) is 26.9 Å². The molecule has 2 rings (SSSR count). The second-order valence-electron chi connectivity index (χ2n) is 4.40. The van der Waals surface area contributed by atoms with Crippen molar-refractivity contribution in [3.05, 3.63) is 28.2 Å². The first-order valence-electron chi connectivity index (χ1n) is 5.99. The molecule has 1 aromatic rings. The van der Waals surface area contributed by atoms with E-state index in [-0.39, 0.29) is 6.54 Å². The van der Waals surface area contributed by atoms with Gasteiger partial charge in [0.25, 0.3) is 0 Å². The number of nitrogens with zero attached hydrogens (tertiary/aromatic N) is 3. The van der Waals surface area contributed by atoms with Crippen LogP contribution in [0.15, 0.2) is 22.7 Å². The number of carboxylic acid groups (broad SMARTS) is 1. The first kappa shape index (κ1) is 13.8. The van der Waals surface area contributed by atoms with E-state index in [1.807, 2.05) is 23.1 Å². The van der Waals surface area contributed by atoms with E-state index in [4.69, 9.17) is 5.11 Å². The monoisotopic (exact) mass is 323 g/mol. The molecule has 0 spiro atoms. The Bertz CT molecular complexity index is 519. The van der Waals surface area contributed by atoms with Gasteiger partial charge >= 0.3 is 5.97 Å². The molecule has 0 amide bonds. The zero-order valence-electron chi connectivity index (χ0n) is 10.3. The Hall–Kier alpha value is -1.58. The summed E-state index contributed by atoms with van der Waals surface area (Å²) in [7, 11) is 0. The highest BCUT2D eigenvalue weighted by Gasteiger charge is 2.21. The molecule has 1 aliphatic rings. The van der Waals surface area contributed by atoms with Gasteiger partial charge in [-0.25, -0.2) is 0 Å². The van der Waals surface area contributed by atoms with Crippen molar-refractivity contribution in [2.24, 2.45) is 0 Å². The van der Waals surface area contributed by atoms with Gasteiger partial charge in [-0.1, -0.05) is 6.07 Å². The molecule has 0 aliphatic carbocycles. The highest BCUT2D eigenvalue weighted by molar-refractivity contribution is 9.10. The minimum atomic E-state index is -0.798. The fourth-order valence-electron chi connectivity index (χ4n) is 2.23. The van der Waals surface area contributed by atoms with Crippen LogP contribution in [0.4, 0.5) is 5.69 Å². The van der Waals surface area contributed by atoms with Crippen LogP contribution in [-0.4, -0.2) is 48.7 Å². The molecule has 1 aliphatic heterocycles. The SMILES string of the molecule is N#Cc1c(Br)cccc1N1CCN(CC(=O)O)CC1. The van der Waals surface area contributed by atoms with Crippen LogP contribution in [0.3, 0.4) is 0 Å². The Morgan fingerprint density at radius 1 is 1.37 bits per heavy atom. The Balaban J connectivity index is 2.08. The summed E-state index contributed by atoms with van der Waals surface area (Å²) in [5, 5.41) is 18.0. The van der Waals surface area contributed by atoms with Gasteiger partial charge in [0.2, 0.25) is 0 Å². The van der Waals surface area contributed by atoms with E-state index in [1.165, 1.54) is 0 Å². The maximum atomic E-state index is 10.7. The Morgan fingerprint density at radius 3 is 2.63 bits per heavy atom. The van der Waals surface area contributed by atoms with Crippen LogP contribution in [0.1, 0.15) is 5.56 Å². The van der Waals surface area contributed by atoms with Gasteiger partial charge in [0.1, 0.15) is 6.07 Å². The maximum Gasteiger partial charge on any atom is 0.317 e. The van der Waals surface area contributed by atoms with Crippen LogP contribution in [0.2, 0.25) is 0 Å². The van der Waals surface area contributed by atoms with Crippen LogP contribution in [0.25, 0.3) is 0 Å². The lowest BCUT2D eigenvalue weighted by molar-refractivity contribution is -0.138. The lowest BCUT2D eigenvalue weighted by atomic mass is 10.1. The van der Waals surface area contributed by atoms with E-state index >= 15 is 0 Å². The molecule has 19 heavy (non-hydrogen) atoms. The summed E-state index contributed by atoms with van der Waals surface area (Å²) in [6.07, 6.45) is 0. The summed E-state index contributed by atoms with van der Waals surface area (Å²) in [6, 6.07) is 7.89. The average Bonchev–Trinajstić information content (AvgIpc) is 2.38. The topological polar surface area (TPSA) is 67.6 Å². The molecular formula is C13H14BrN3O2.